The fraction of sp³-hybridized carbons (Fsp3) is 0.345. The summed E-state index contributed by atoms with van der Waals surface area (Å²) in [5.41, 5.74) is 3.28. The summed E-state index contributed by atoms with van der Waals surface area (Å²) in [6.07, 6.45) is 10.9. The van der Waals surface area contributed by atoms with Gasteiger partial charge in [-0.05, 0) is 69.9 Å². The lowest BCUT2D eigenvalue weighted by molar-refractivity contribution is -0.117. The molecule has 1 amide bonds. The highest BCUT2D eigenvalue weighted by atomic mass is 19.3. The summed E-state index contributed by atoms with van der Waals surface area (Å²) < 4.78 is 36.6. The number of aromatic nitrogens is 6. The van der Waals surface area contributed by atoms with Crippen molar-refractivity contribution in [1.82, 2.24) is 34.8 Å². The number of nitrogens with zero attached hydrogens (tertiary/aromatic N) is 6. The van der Waals surface area contributed by atoms with Crippen LogP contribution in [0.1, 0.15) is 62.7 Å². The van der Waals surface area contributed by atoms with Crippen LogP contribution in [0.15, 0.2) is 67.7 Å². The zero-order valence-electron chi connectivity index (χ0n) is 22.4. The number of hydrogen-bond donors (Lipinski definition) is 1. The maximum absolute atomic E-state index is 13.9. The molecule has 0 fully saturated rings. The first-order chi connectivity index (χ1) is 19.4. The Bertz CT molecular complexity index is 1530. The Kier molecular flexibility index (Phi) is 7.99. The Labute approximate surface area is 230 Å². The van der Waals surface area contributed by atoms with Crippen molar-refractivity contribution in [3.05, 3.63) is 79.1 Å². The van der Waals surface area contributed by atoms with Gasteiger partial charge >= 0.3 is 6.55 Å². The number of pyridine rings is 1. The van der Waals surface area contributed by atoms with E-state index < -0.39 is 12.7 Å². The molecule has 1 unspecified atom stereocenters. The average molecular weight is 548 g/mol. The summed E-state index contributed by atoms with van der Waals surface area (Å²) in [7, 11) is 0. The van der Waals surface area contributed by atoms with Crippen LogP contribution in [0.3, 0.4) is 0 Å². The molecule has 0 bridgehead atoms. The quantitative estimate of drug-likeness (QED) is 0.219. The molecule has 0 saturated carbocycles. The van der Waals surface area contributed by atoms with Gasteiger partial charge in [0.05, 0.1) is 22.9 Å². The zero-order chi connectivity index (χ0) is 28.2. The predicted molar refractivity (Wildman–Crippen MR) is 147 cm³/mol. The summed E-state index contributed by atoms with van der Waals surface area (Å²) in [4.78, 5) is 20.5. The van der Waals surface area contributed by atoms with Crippen LogP contribution in [0.2, 0.25) is 0 Å². The van der Waals surface area contributed by atoms with E-state index in [1.54, 1.807) is 24.4 Å². The lowest BCUT2D eigenvalue weighted by Crippen LogP contribution is -2.36. The van der Waals surface area contributed by atoms with Gasteiger partial charge < -0.3 is 10.1 Å². The Morgan fingerprint density at radius 1 is 1.25 bits per heavy atom. The fourth-order valence-corrected chi connectivity index (χ4v) is 5.13. The minimum atomic E-state index is -2.78. The summed E-state index contributed by atoms with van der Waals surface area (Å²) >= 11 is 0. The summed E-state index contributed by atoms with van der Waals surface area (Å²) in [5.74, 6) is 0.0480. The van der Waals surface area contributed by atoms with Crippen LogP contribution in [0, 0.1) is 6.92 Å². The maximum atomic E-state index is 13.9. The third-order valence-corrected chi connectivity index (χ3v) is 7.14. The zero-order valence-corrected chi connectivity index (χ0v) is 22.4. The predicted octanol–water partition coefficient (Wildman–Crippen LogP) is 5.88. The molecular formula is C29H31F2N7O2. The molecule has 3 heterocycles. The molecule has 0 spiro atoms. The van der Waals surface area contributed by atoms with Crippen molar-refractivity contribution in [2.45, 2.75) is 64.3 Å². The molecule has 0 radical (unpaired) electrons. The van der Waals surface area contributed by atoms with E-state index >= 15 is 0 Å². The van der Waals surface area contributed by atoms with E-state index in [0.29, 0.717) is 28.9 Å². The van der Waals surface area contributed by atoms with Gasteiger partial charge in [-0.15, -0.1) is 5.10 Å². The Morgan fingerprint density at radius 3 is 2.85 bits per heavy atom. The number of fused-ring (bicyclic) bond motifs is 1. The molecular weight excluding hydrogens is 516 g/mol. The Balaban J connectivity index is 1.51. The van der Waals surface area contributed by atoms with Crippen molar-refractivity contribution >= 4 is 16.9 Å². The molecule has 11 heteroatoms. The van der Waals surface area contributed by atoms with E-state index in [0.717, 1.165) is 35.9 Å². The molecule has 1 aliphatic carbocycles. The molecule has 3 aromatic heterocycles. The molecule has 1 N–H and O–H groups in total. The normalized spacial score (nSPS) is 19.1. The van der Waals surface area contributed by atoms with Gasteiger partial charge in [0.25, 0.3) is 0 Å². The number of carbonyl (C=O) groups excluding carboxylic acids is 1. The largest absolute Gasteiger partial charge is 0.482 e. The summed E-state index contributed by atoms with van der Waals surface area (Å²) in [5, 5.41) is 12.0. The Morgan fingerprint density at radius 2 is 2.10 bits per heavy atom. The standard InChI is InChI=1S/C29H31F2N7O2/c1-4-26(39)34-21-10-6-5-7-11-22(16-21)38-18(2)27(35-36-38)20-14-24-28(37(17-33-24)29(30)31)25(15-20)40-19(3)23-12-8-9-13-32-23/h4-5,7-9,12-15,17,19,21-22,29H,1,6,10-11,16H2,2-3H3,(H,34,39)/b7-5-/t19?,21-,22-/m0/s1. The first kappa shape index (κ1) is 27.2. The molecule has 40 heavy (non-hydrogen) atoms. The van der Waals surface area contributed by atoms with Crippen molar-refractivity contribution in [3.63, 3.8) is 0 Å². The lowest BCUT2D eigenvalue weighted by Gasteiger charge is -2.25. The van der Waals surface area contributed by atoms with Crippen molar-refractivity contribution in [2.75, 3.05) is 0 Å². The number of ether oxygens (including phenoxy) is 1. The fourth-order valence-electron chi connectivity index (χ4n) is 5.13. The van der Waals surface area contributed by atoms with E-state index in [4.69, 9.17) is 4.74 Å². The molecule has 1 aliphatic rings. The molecule has 1 aromatic carbocycles. The van der Waals surface area contributed by atoms with Gasteiger partial charge in [0.15, 0.2) is 0 Å². The van der Waals surface area contributed by atoms with Gasteiger partial charge in [-0.25, -0.2) is 9.67 Å². The van der Waals surface area contributed by atoms with Gasteiger partial charge in [-0.1, -0.05) is 30.0 Å². The first-order valence-electron chi connectivity index (χ1n) is 13.2. The number of allylic oxidation sites excluding steroid dienone is 2. The van der Waals surface area contributed by atoms with Gasteiger partial charge in [-0.2, -0.15) is 8.78 Å². The average Bonchev–Trinajstić information content (AvgIpc) is 3.54. The van der Waals surface area contributed by atoms with E-state index in [1.165, 1.54) is 6.08 Å². The third kappa shape index (κ3) is 5.63. The lowest BCUT2D eigenvalue weighted by atomic mass is 9.96. The number of carbonyl (C=O) groups is 1. The van der Waals surface area contributed by atoms with Gasteiger partial charge in [0, 0.05) is 17.8 Å². The highest BCUT2D eigenvalue weighted by Gasteiger charge is 2.25. The van der Waals surface area contributed by atoms with Gasteiger partial charge in [0.2, 0.25) is 5.91 Å². The number of rotatable bonds is 8. The smallest absolute Gasteiger partial charge is 0.320 e. The second-order valence-corrected chi connectivity index (χ2v) is 9.84. The Hall–Kier alpha value is -4.41. The topological polar surface area (TPSA) is 99.8 Å². The van der Waals surface area contributed by atoms with E-state index in [1.807, 2.05) is 30.7 Å². The SMILES string of the molecule is C=CC(=O)N[C@H]1CC/C=C\C[C@H](n2nnc(-c3cc(OC(C)c4ccccn4)c4c(c3)ncn4C(F)F)c2C)C1. The molecule has 0 aliphatic heterocycles. The first-order valence-corrected chi connectivity index (χ1v) is 13.2. The van der Waals surface area contributed by atoms with Crippen molar-refractivity contribution in [2.24, 2.45) is 0 Å². The molecule has 3 atom stereocenters. The van der Waals surface area contributed by atoms with Gasteiger partial charge in [0.1, 0.15) is 29.4 Å². The number of nitrogens with one attached hydrogen (secondary N) is 1. The second-order valence-electron chi connectivity index (χ2n) is 9.84. The molecule has 5 rings (SSSR count). The molecule has 208 valence electrons. The van der Waals surface area contributed by atoms with Gasteiger partial charge in [-0.3, -0.25) is 14.3 Å². The number of imidazole rings is 1. The van der Waals surface area contributed by atoms with Crippen molar-refractivity contribution in [3.8, 4) is 17.0 Å². The highest BCUT2D eigenvalue weighted by molar-refractivity contribution is 5.88. The second kappa shape index (κ2) is 11.8. The summed E-state index contributed by atoms with van der Waals surface area (Å²) in [6.45, 7) is 4.51. The van der Waals surface area contributed by atoms with E-state index in [9.17, 15) is 13.6 Å². The minimum absolute atomic E-state index is 0.0322. The third-order valence-electron chi connectivity index (χ3n) is 7.14. The van der Waals surface area contributed by atoms with Crippen LogP contribution < -0.4 is 10.1 Å². The monoisotopic (exact) mass is 547 g/mol. The highest BCUT2D eigenvalue weighted by Crippen LogP contribution is 2.37. The van der Waals surface area contributed by atoms with E-state index in [2.05, 4.69) is 44.3 Å². The number of benzene rings is 1. The van der Waals surface area contributed by atoms with Crippen molar-refractivity contribution < 1.29 is 18.3 Å². The summed E-state index contributed by atoms with van der Waals surface area (Å²) in [6, 6.07) is 8.82. The number of hydrogen-bond acceptors (Lipinski definition) is 6. The number of halogens is 2. The maximum Gasteiger partial charge on any atom is 0.320 e. The van der Waals surface area contributed by atoms with Crippen LogP contribution >= 0.6 is 0 Å². The van der Waals surface area contributed by atoms with E-state index in [-0.39, 0.29) is 29.3 Å². The van der Waals surface area contributed by atoms with Crippen molar-refractivity contribution in [1.29, 1.82) is 0 Å². The van der Waals surface area contributed by atoms with Crippen LogP contribution in [0.4, 0.5) is 8.78 Å². The molecule has 4 aromatic rings. The van der Waals surface area contributed by atoms with Crippen LogP contribution in [-0.2, 0) is 4.79 Å². The van der Waals surface area contributed by atoms with Crippen LogP contribution in [0.25, 0.3) is 22.3 Å². The van der Waals surface area contributed by atoms with Crippen LogP contribution in [-0.4, -0.2) is 41.5 Å². The molecule has 9 nitrogen and oxygen atoms in total. The minimum Gasteiger partial charge on any atom is -0.482 e. The number of alkyl halides is 2. The molecule has 0 saturated heterocycles. The van der Waals surface area contributed by atoms with Crippen LogP contribution in [0.5, 0.6) is 5.75 Å². The number of amides is 1.